The average Bonchev–Trinajstić information content (AvgIpc) is 2.25. The van der Waals surface area contributed by atoms with E-state index in [2.05, 4.69) is 4.74 Å². The van der Waals surface area contributed by atoms with Gasteiger partial charge in [-0.15, -0.1) is 0 Å². The first kappa shape index (κ1) is 15.0. The molecular weight excluding hydrogens is 265 g/mol. The summed E-state index contributed by atoms with van der Waals surface area (Å²) in [6.07, 6.45) is -4.84. The maximum absolute atomic E-state index is 12.5. The van der Waals surface area contributed by atoms with Crippen LogP contribution < -0.4 is 4.74 Å². The second kappa shape index (κ2) is 5.73. The van der Waals surface area contributed by atoms with Crippen LogP contribution in [0.5, 0.6) is 5.75 Å². The number of hydrogen-bond acceptors (Lipinski definition) is 3. The zero-order valence-electron chi connectivity index (χ0n) is 9.95. The molecule has 0 aliphatic heterocycles. The summed E-state index contributed by atoms with van der Waals surface area (Å²) in [5.74, 6) is -2.12. The lowest BCUT2D eigenvalue weighted by atomic mass is 10.1. The molecule has 0 atom stereocenters. The van der Waals surface area contributed by atoms with Gasteiger partial charge in [0, 0.05) is 13.3 Å². The van der Waals surface area contributed by atoms with Gasteiger partial charge in [0.05, 0.1) is 5.56 Å². The van der Waals surface area contributed by atoms with Crippen LogP contribution in [0, 0.1) is 0 Å². The smallest absolute Gasteiger partial charge is 0.416 e. The highest BCUT2D eigenvalue weighted by atomic mass is 19.4. The number of ether oxygens (including phenoxy) is 1. The van der Waals surface area contributed by atoms with Crippen LogP contribution in [0.25, 0.3) is 0 Å². The monoisotopic (exact) mass is 276 g/mol. The molecule has 0 amide bonds. The summed E-state index contributed by atoms with van der Waals surface area (Å²) in [5.41, 5.74) is -0.714. The van der Waals surface area contributed by atoms with Gasteiger partial charge < -0.3 is 9.84 Å². The summed E-state index contributed by atoms with van der Waals surface area (Å²) in [5, 5.41) is 8.54. The standard InChI is InChI=1S/C12H11F3O4/c1-7(16)19-10-6-9(12(13,14)15)4-2-8(10)3-5-11(17)18/h2,4,6H,3,5H2,1H3,(H,17,18). The SMILES string of the molecule is CC(=O)Oc1cc(C(F)(F)F)ccc1CCC(=O)O. The number of benzene rings is 1. The number of carboxylic acid groups (broad SMARTS) is 1. The maximum atomic E-state index is 12.5. The number of alkyl halides is 3. The van der Waals surface area contributed by atoms with Crippen molar-refractivity contribution in [2.45, 2.75) is 25.9 Å². The zero-order valence-corrected chi connectivity index (χ0v) is 9.95. The Morgan fingerprint density at radius 3 is 2.42 bits per heavy atom. The minimum Gasteiger partial charge on any atom is -0.481 e. The molecule has 4 nitrogen and oxygen atoms in total. The van der Waals surface area contributed by atoms with Gasteiger partial charge in [-0.05, 0) is 24.1 Å². The molecule has 1 N–H and O–H groups in total. The molecule has 0 bridgehead atoms. The van der Waals surface area contributed by atoms with Crippen LogP contribution in [-0.2, 0) is 22.2 Å². The van der Waals surface area contributed by atoms with Gasteiger partial charge in [-0.1, -0.05) is 6.07 Å². The number of halogens is 3. The van der Waals surface area contributed by atoms with Crippen molar-refractivity contribution >= 4 is 11.9 Å². The molecule has 0 unspecified atom stereocenters. The lowest BCUT2D eigenvalue weighted by Gasteiger charge is -2.12. The lowest BCUT2D eigenvalue weighted by Crippen LogP contribution is -2.09. The number of aryl methyl sites for hydroxylation is 1. The van der Waals surface area contributed by atoms with E-state index in [0.29, 0.717) is 6.07 Å². The predicted octanol–water partition coefficient (Wildman–Crippen LogP) is 2.65. The van der Waals surface area contributed by atoms with E-state index >= 15 is 0 Å². The number of rotatable bonds is 4. The van der Waals surface area contributed by atoms with Crippen LogP contribution in [0.3, 0.4) is 0 Å². The highest BCUT2D eigenvalue weighted by Gasteiger charge is 2.31. The summed E-state index contributed by atoms with van der Waals surface area (Å²) < 4.78 is 42.2. The Labute approximate surface area is 106 Å². The molecule has 0 heterocycles. The number of hydrogen-bond donors (Lipinski definition) is 1. The van der Waals surface area contributed by atoms with Crippen molar-refractivity contribution in [2.75, 3.05) is 0 Å². The lowest BCUT2D eigenvalue weighted by molar-refractivity contribution is -0.139. The first-order valence-electron chi connectivity index (χ1n) is 5.30. The second-order valence-corrected chi connectivity index (χ2v) is 3.81. The zero-order chi connectivity index (χ0) is 14.6. The van der Waals surface area contributed by atoms with Gasteiger partial charge in [0.15, 0.2) is 0 Å². The maximum Gasteiger partial charge on any atom is 0.416 e. The normalized spacial score (nSPS) is 11.2. The third-order valence-electron chi connectivity index (χ3n) is 2.26. The first-order valence-corrected chi connectivity index (χ1v) is 5.30. The topological polar surface area (TPSA) is 63.6 Å². The van der Waals surface area contributed by atoms with E-state index in [0.717, 1.165) is 19.1 Å². The van der Waals surface area contributed by atoms with Crippen molar-refractivity contribution in [3.05, 3.63) is 29.3 Å². The molecule has 0 aromatic heterocycles. The van der Waals surface area contributed by atoms with Gasteiger partial charge in [0.2, 0.25) is 0 Å². The summed E-state index contributed by atoms with van der Waals surface area (Å²) in [4.78, 5) is 21.3. The molecule has 0 aliphatic rings. The van der Waals surface area contributed by atoms with Crippen LogP contribution >= 0.6 is 0 Å². The molecular formula is C12H11F3O4. The highest BCUT2D eigenvalue weighted by Crippen LogP contribution is 2.33. The van der Waals surface area contributed by atoms with Gasteiger partial charge in [-0.2, -0.15) is 13.2 Å². The number of carbonyl (C=O) groups is 2. The largest absolute Gasteiger partial charge is 0.481 e. The second-order valence-electron chi connectivity index (χ2n) is 3.81. The molecule has 1 aromatic rings. The van der Waals surface area contributed by atoms with Crippen LogP contribution in [0.15, 0.2) is 18.2 Å². The molecule has 0 radical (unpaired) electrons. The molecule has 0 saturated carbocycles. The number of carbonyl (C=O) groups excluding carboxylic acids is 1. The van der Waals surface area contributed by atoms with Crippen molar-refractivity contribution in [1.82, 2.24) is 0 Å². The molecule has 0 fully saturated rings. The summed E-state index contributed by atoms with van der Waals surface area (Å²) in [6, 6.07) is 2.63. The van der Waals surface area contributed by atoms with Crippen molar-refractivity contribution < 1.29 is 32.6 Å². The minimum atomic E-state index is -4.56. The molecule has 7 heteroatoms. The Morgan fingerprint density at radius 2 is 1.95 bits per heavy atom. The Hall–Kier alpha value is -2.05. The fourth-order valence-electron chi connectivity index (χ4n) is 1.43. The fourth-order valence-corrected chi connectivity index (χ4v) is 1.43. The van der Waals surface area contributed by atoms with Crippen LogP contribution in [0.2, 0.25) is 0 Å². The minimum absolute atomic E-state index is 0.0178. The molecule has 0 saturated heterocycles. The summed E-state index contributed by atoms with van der Waals surface area (Å²) in [7, 11) is 0. The highest BCUT2D eigenvalue weighted by molar-refractivity contribution is 5.70. The van der Waals surface area contributed by atoms with Crippen LogP contribution in [-0.4, -0.2) is 17.0 Å². The van der Waals surface area contributed by atoms with Crippen molar-refractivity contribution in [3.8, 4) is 5.75 Å². The number of aliphatic carboxylic acids is 1. The summed E-state index contributed by atoms with van der Waals surface area (Å²) in [6.45, 7) is 1.06. The molecule has 19 heavy (non-hydrogen) atoms. The third kappa shape index (κ3) is 4.61. The molecule has 1 rings (SSSR count). The summed E-state index contributed by atoms with van der Waals surface area (Å²) >= 11 is 0. The third-order valence-corrected chi connectivity index (χ3v) is 2.26. The van der Waals surface area contributed by atoms with E-state index in [-0.39, 0.29) is 24.2 Å². The van der Waals surface area contributed by atoms with Gasteiger partial charge in [0.25, 0.3) is 0 Å². The van der Waals surface area contributed by atoms with Crippen molar-refractivity contribution in [3.63, 3.8) is 0 Å². The van der Waals surface area contributed by atoms with Gasteiger partial charge in [-0.3, -0.25) is 9.59 Å². The Kier molecular flexibility index (Phi) is 4.52. The molecule has 0 aliphatic carbocycles. The van der Waals surface area contributed by atoms with Crippen LogP contribution in [0.4, 0.5) is 13.2 Å². The van der Waals surface area contributed by atoms with E-state index in [9.17, 15) is 22.8 Å². The van der Waals surface area contributed by atoms with Crippen LogP contribution in [0.1, 0.15) is 24.5 Å². The Morgan fingerprint density at radius 1 is 1.32 bits per heavy atom. The number of esters is 1. The first-order chi connectivity index (χ1) is 8.70. The van der Waals surface area contributed by atoms with Crippen molar-refractivity contribution in [1.29, 1.82) is 0 Å². The predicted molar refractivity (Wildman–Crippen MR) is 58.7 cm³/mol. The fraction of sp³-hybridized carbons (Fsp3) is 0.333. The van der Waals surface area contributed by atoms with Gasteiger partial charge >= 0.3 is 18.1 Å². The van der Waals surface area contributed by atoms with E-state index in [1.54, 1.807) is 0 Å². The van der Waals surface area contributed by atoms with E-state index < -0.39 is 23.7 Å². The van der Waals surface area contributed by atoms with Crippen molar-refractivity contribution in [2.24, 2.45) is 0 Å². The average molecular weight is 276 g/mol. The quantitative estimate of drug-likeness (QED) is 0.678. The molecule has 0 spiro atoms. The Balaban J connectivity index is 3.09. The Bertz CT molecular complexity index is 494. The van der Waals surface area contributed by atoms with Gasteiger partial charge in [-0.25, -0.2) is 0 Å². The van der Waals surface area contributed by atoms with Gasteiger partial charge in [0.1, 0.15) is 5.75 Å². The van der Waals surface area contributed by atoms with E-state index in [4.69, 9.17) is 5.11 Å². The van der Waals surface area contributed by atoms with E-state index in [1.165, 1.54) is 0 Å². The molecule has 104 valence electrons. The molecule has 1 aromatic carbocycles. The van der Waals surface area contributed by atoms with E-state index in [1.807, 2.05) is 0 Å². The number of carboxylic acids is 1.